The van der Waals surface area contributed by atoms with Crippen LogP contribution in [0.5, 0.6) is 0 Å². The van der Waals surface area contributed by atoms with Crippen molar-refractivity contribution < 1.29 is 18.0 Å². The Morgan fingerprint density at radius 3 is 2.24 bits per heavy atom. The van der Waals surface area contributed by atoms with Gasteiger partial charge in [-0.3, -0.25) is 13.9 Å². The number of anilines is 1. The molecular formula is C23H28BrCl2N3O4S. The minimum atomic E-state index is -3.88. The number of amides is 2. The number of hydrogen-bond acceptors (Lipinski definition) is 4. The molecule has 0 radical (unpaired) electrons. The number of nitrogens with zero attached hydrogens (tertiary/aromatic N) is 2. The van der Waals surface area contributed by atoms with Crippen LogP contribution in [-0.2, 0) is 26.2 Å². The Balaban J connectivity index is 2.41. The fraction of sp³-hybridized carbons (Fsp3) is 0.391. The van der Waals surface area contributed by atoms with Gasteiger partial charge >= 0.3 is 0 Å². The number of carbonyl (C=O) groups is 2. The third-order valence-corrected chi connectivity index (χ3v) is 7.49. The molecule has 34 heavy (non-hydrogen) atoms. The zero-order chi connectivity index (χ0) is 25.6. The smallest absolute Gasteiger partial charge is 0.244 e. The molecule has 0 saturated heterocycles. The molecule has 7 nitrogen and oxygen atoms in total. The summed E-state index contributed by atoms with van der Waals surface area (Å²) < 4.78 is 27.0. The van der Waals surface area contributed by atoms with Crippen LogP contribution in [0, 0.1) is 0 Å². The van der Waals surface area contributed by atoms with Gasteiger partial charge in [0.15, 0.2) is 0 Å². The van der Waals surface area contributed by atoms with Crippen LogP contribution in [0.4, 0.5) is 5.69 Å². The predicted molar refractivity (Wildman–Crippen MR) is 141 cm³/mol. The van der Waals surface area contributed by atoms with Gasteiger partial charge in [-0.1, -0.05) is 58.2 Å². The Kier molecular flexibility index (Phi) is 10.2. The lowest BCUT2D eigenvalue weighted by Gasteiger charge is -2.32. The fourth-order valence-corrected chi connectivity index (χ4v) is 4.80. The maximum atomic E-state index is 13.5. The zero-order valence-electron chi connectivity index (χ0n) is 19.4. The minimum absolute atomic E-state index is 0.0695. The average Bonchev–Trinajstić information content (AvgIpc) is 2.76. The van der Waals surface area contributed by atoms with E-state index >= 15 is 0 Å². The van der Waals surface area contributed by atoms with Crippen molar-refractivity contribution in [3.63, 3.8) is 0 Å². The molecule has 0 aliphatic carbocycles. The topological polar surface area (TPSA) is 86.8 Å². The number of nitrogens with one attached hydrogen (secondary N) is 1. The molecule has 0 saturated carbocycles. The molecule has 0 spiro atoms. The van der Waals surface area contributed by atoms with Crippen molar-refractivity contribution in [3.05, 3.63) is 62.5 Å². The summed E-state index contributed by atoms with van der Waals surface area (Å²) in [7, 11) is -3.88. The second-order valence-corrected chi connectivity index (χ2v) is 11.7. The van der Waals surface area contributed by atoms with Crippen molar-refractivity contribution >= 4 is 66.7 Å². The van der Waals surface area contributed by atoms with Gasteiger partial charge in [-0.25, -0.2) is 8.42 Å². The molecule has 2 aromatic rings. The van der Waals surface area contributed by atoms with Crippen molar-refractivity contribution in [2.24, 2.45) is 0 Å². The van der Waals surface area contributed by atoms with Gasteiger partial charge in [-0.15, -0.1) is 0 Å². The first-order chi connectivity index (χ1) is 15.8. The van der Waals surface area contributed by atoms with E-state index in [1.54, 1.807) is 6.92 Å². The monoisotopic (exact) mass is 591 g/mol. The normalized spacial score (nSPS) is 13.1. The number of rotatable bonds is 10. The molecule has 0 aliphatic rings. The molecule has 0 unspecified atom stereocenters. The summed E-state index contributed by atoms with van der Waals surface area (Å²) >= 11 is 15.6. The van der Waals surface area contributed by atoms with Crippen molar-refractivity contribution in [1.29, 1.82) is 0 Å². The number of carbonyl (C=O) groups excluding carboxylic acids is 2. The summed E-state index contributed by atoms with van der Waals surface area (Å²) in [6.07, 6.45) is 1.72. The van der Waals surface area contributed by atoms with Crippen LogP contribution < -0.4 is 9.62 Å². The number of sulfonamides is 1. The molecule has 186 valence electrons. The highest BCUT2D eigenvalue weighted by molar-refractivity contribution is 9.10. The zero-order valence-corrected chi connectivity index (χ0v) is 23.3. The fourth-order valence-electron chi connectivity index (χ4n) is 3.11. The Morgan fingerprint density at radius 1 is 1.09 bits per heavy atom. The maximum absolute atomic E-state index is 13.5. The maximum Gasteiger partial charge on any atom is 0.244 e. The second kappa shape index (κ2) is 12.2. The highest BCUT2D eigenvalue weighted by Crippen LogP contribution is 2.30. The lowest BCUT2D eigenvalue weighted by molar-refractivity contribution is -0.139. The van der Waals surface area contributed by atoms with Gasteiger partial charge in [0.1, 0.15) is 12.6 Å². The lowest BCUT2D eigenvalue weighted by atomic mass is 10.1. The Bertz CT molecular complexity index is 1130. The molecular weight excluding hydrogens is 565 g/mol. The van der Waals surface area contributed by atoms with Crippen LogP contribution in [0.25, 0.3) is 0 Å². The van der Waals surface area contributed by atoms with Crippen LogP contribution >= 0.6 is 39.1 Å². The first-order valence-electron chi connectivity index (χ1n) is 10.6. The van der Waals surface area contributed by atoms with Gasteiger partial charge < -0.3 is 10.2 Å². The number of benzene rings is 2. The van der Waals surface area contributed by atoms with E-state index < -0.39 is 28.5 Å². The molecule has 11 heteroatoms. The van der Waals surface area contributed by atoms with E-state index in [0.29, 0.717) is 5.02 Å². The standard InChI is InChI=1S/C23H28BrCl2N3O4S/c1-5-15(2)27-23(31)16(3)28(13-17-6-8-18(24)9-7-17)22(30)14-29(34(4,32)33)21-11-10-19(25)12-20(21)26/h6-12,15-16H,5,13-14H2,1-4H3,(H,27,31)/t15-,16+/m0/s1. The Hall–Kier alpha value is -1.81. The van der Waals surface area contributed by atoms with E-state index in [4.69, 9.17) is 23.2 Å². The quantitative estimate of drug-likeness (QED) is 0.427. The van der Waals surface area contributed by atoms with E-state index in [2.05, 4.69) is 21.2 Å². The van der Waals surface area contributed by atoms with E-state index in [1.807, 2.05) is 38.1 Å². The molecule has 1 N–H and O–H groups in total. The van der Waals surface area contributed by atoms with E-state index in [9.17, 15) is 18.0 Å². The van der Waals surface area contributed by atoms with Gasteiger partial charge in [0.25, 0.3) is 0 Å². The Morgan fingerprint density at radius 2 is 1.71 bits per heavy atom. The molecule has 0 aromatic heterocycles. The van der Waals surface area contributed by atoms with Crippen LogP contribution in [0.1, 0.15) is 32.8 Å². The van der Waals surface area contributed by atoms with Gasteiger partial charge in [0.2, 0.25) is 21.8 Å². The molecule has 0 fully saturated rings. The van der Waals surface area contributed by atoms with Crippen molar-refractivity contribution in [3.8, 4) is 0 Å². The first-order valence-corrected chi connectivity index (χ1v) is 14.0. The van der Waals surface area contributed by atoms with Gasteiger partial charge in [0, 0.05) is 22.1 Å². The average molecular weight is 593 g/mol. The summed E-state index contributed by atoms with van der Waals surface area (Å²) in [5, 5.41) is 3.31. The van der Waals surface area contributed by atoms with Gasteiger partial charge in [0.05, 0.1) is 17.0 Å². The van der Waals surface area contributed by atoms with Gasteiger partial charge in [-0.05, 0) is 56.2 Å². The third-order valence-electron chi connectivity index (χ3n) is 5.29. The third kappa shape index (κ3) is 7.86. The summed E-state index contributed by atoms with van der Waals surface area (Å²) in [5.74, 6) is -0.874. The highest BCUT2D eigenvalue weighted by atomic mass is 79.9. The summed E-state index contributed by atoms with van der Waals surface area (Å²) in [6.45, 7) is 5.03. The summed E-state index contributed by atoms with van der Waals surface area (Å²) in [6, 6.07) is 10.7. The molecule has 0 heterocycles. The van der Waals surface area contributed by atoms with Crippen LogP contribution in [-0.4, -0.2) is 50.0 Å². The van der Waals surface area contributed by atoms with Crippen molar-refractivity contribution in [1.82, 2.24) is 10.2 Å². The largest absolute Gasteiger partial charge is 0.352 e. The van der Waals surface area contributed by atoms with Crippen LogP contribution in [0.15, 0.2) is 46.9 Å². The lowest BCUT2D eigenvalue weighted by Crippen LogP contribution is -2.52. The van der Waals surface area contributed by atoms with E-state index in [1.165, 1.54) is 23.1 Å². The Labute approximate surface area is 219 Å². The molecule has 2 amide bonds. The summed E-state index contributed by atoms with van der Waals surface area (Å²) in [4.78, 5) is 27.7. The van der Waals surface area contributed by atoms with Crippen LogP contribution in [0.3, 0.4) is 0 Å². The molecule has 2 rings (SSSR count). The highest BCUT2D eigenvalue weighted by Gasteiger charge is 2.31. The van der Waals surface area contributed by atoms with E-state index in [0.717, 1.165) is 27.0 Å². The molecule has 2 aromatic carbocycles. The summed E-state index contributed by atoms with van der Waals surface area (Å²) in [5.41, 5.74) is 0.914. The first kappa shape index (κ1) is 28.4. The van der Waals surface area contributed by atoms with Crippen molar-refractivity contribution in [2.45, 2.75) is 45.8 Å². The number of hydrogen-bond donors (Lipinski definition) is 1. The van der Waals surface area contributed by atoms with E-state index in [-0.39, 0.29) is 29.2 Å². The van der Waals surface area contributed by atoms with Gasteiger partial charge in [-0.2, -0.15) is 0 Å². The molecule has 0 bridgehead atoms. The molecule has 0 aliphatic heterocycles. The predicted octanol–water partition coefficient (Wildman–Crippen LogP) is 4.85. The van der Waals surface area contributed by atoms with Crippen LogP contribution in [0.2, 0.25) is 10.0 Å². The second-order valence-electron chi connectivity index (χ2n) is 8.01. The molecule has 2 atom stereocenters. The van der Waals surface area contributed by atoms with Crippen molar-refractivity contribution in [2.75, 3.05) is 17.1 Å². The number of halogens is 3. The minimum Gasteiger partial charge on any atom is -0.352 e. The SMILES string of the molecule is CC[C@H](C)NC(=O)[C@@H](C)N(Cc1ccc(Br)cc1)C(=O)CN(c1ccc(Cl)cc1Cl)S(C)(=O)=O.